The standard InChI is InChI=1S/C25H27NO4/c1-29-15-24(27)16-12-17-10-11-18(13-16)26(17)25(28)30-14-23-21-8-4-2-6-19(21)20-7-3-5-9-22(20)23/h2-9,16-18,23H,10-15H2,1H3. The van der Waals surface area contributed by atoms with Crippen molar-refractivity contribution >= 4 is 11.9 Å². The van der Waals surface area contributed by atoms with Gasteiger partial charge in [0.1, 0.15) is 13.2 Å². The first-order chi connectivity index (χ1) is 14.7. The molecule has 2 fully saturated rings. The van der Waals surface area contributed by atoms with Crippen molar-refractivity contribution in [1.82, 2.24) is 4.90 Å². The van der Waals surface area contributed by atoms with E-state index in [0.717, 1.165) is 25.7 Å². The molecule has 0 saturated carbocycles. The van der Waals surface area contributed by atoms with Crippen LogP contribution in [0.25, 0.3) is 11.1 Å². The van der Waals surface area contributed by atoms with Crippen molar-refractivity contribution in [2.75, 3.05) is 20.3 Å². The van der Waals surface area contributed by atoms with Gasteiger partial charge < -0.3 is 14.4 Å². The summed E-state index contributed by atoms with van der Waals surface area (Å²) in [6.45, 7) is 0.504. The van der Waals surface area contributed by atoms with Crippen LogP contribution in [0.5, 0.6) is 0 Å². The van der Waals surface area contributed by atoms with Crippen LogP contribution >= 0.6 is 0 Å². The molecule has 2 heterocycles. The number of carbonyl (C=O) groups excluding carboxylic acids is 2. The van der Waals surface area contributed by atoms with Crippen molar-refractivity contribution in [3.05, 3.63) is 59.7 Å². The molecule has 2 atom stereocenters. The predicted molar refractivity (Wildman–Crippen MR) is 113 cm³/mol. The summed E-state index contributed by atoms with van der Waals surface area (Å²) in [5, 5.41) is 0. The van der Waals surface area contributed by atoms with E-state index in [1.54, 1.807) is 7.11 Å². The van der Waals surface area contributed by atoms with Crippen LogP contribution in [0.2, 0.25) is 0 Å². The molecule has 5 heteroatoms. The Morgan fingerprint density at radius 2 is 1.50 bits per heavy atom. The second-order valence-electron chi connectivity index (χ2n) is 8.66. The summed E-state index contributed by atoms with van der Waals surface area (Å²) in [5.74, 6) is 0.224. The Bertz CT molecular complexity index is 912. The Morgan fingerprint density at radius 1 is 0.933 bits per heavy atom. The average Bonchev–Trinajstić information content (AvgIpc) is 3.23. The van der Waals surface area contributed by atoms with E-state index in [9.17, 15) is 9.59 Å². The smallest absolute Gasteiger partial charge is 0.410 e. The van der Waals surface area contributed by atoms with Crippen LogP contribution in [0.1, 0.15) is 42.7 Å². The van der Waals surface area contributed by atoms with Gasteiger partial charge in [-0.3, -0.25) is 4.79 Å². The van der Waals surface area contributed by atoms with E-state index in [0.29, 0.717) is 6.61 Å². The van der Waals surface area contributed by atoms with Crippen molar-refractivity contribution in [2.45, 2.75) is 43.7 Å². The normalized spacial score (nSPS) is 24.4. The van der Waals surface area contributed by atoms with Crippen molar-refractivity contribution in [1.29, 1.82) is 0 Å². The SMILES string of the molecule is COCC(=O)C1CC2CCC(C1)N2C(=O)OCC1c2ccccc2-c2ccccc21. The van der Waals surface area contributed by atoms with Gasteiger partial charge in [0.25, 0.3) is 0 Å². The van der Waals surface area contributed by atoms with Crippen LogP contribution in [-0.4, -0.2) is 49.2 Å². The van der Waals surface area contributed by atoms with Crippen molar-refractivity contribution in [2.24, 2.45) is 5.92 Å². The minimum Gasteiger partial charge on any atom is -0.448 e. The number of rotatable bonds is 5. The molecule has 2 bridgehead atoms. The molecule has 5 nitrogen and oxygen atoms in total. The summed E-state index contributed by atoms with van der Waals surface area (Å²) in [4.78, 5) is 27.2. The zero-order valence-corrected chi connectivity index (χ0v) is 17.3. The molecule has 2 aromatic carbocycles. The van der Waals surface area contributed by atoms with Gasteiger partial charge >= 0.3 is 6.09 Å². The molecule has 2 saturated heterocycles. The first kappa shape index (κ1) is 19.3. The number of nitrogens with zero attached hydrogens (tertiary/aromatic N) is 1. The van der Waals surface area contributed by atoms with E-state index in [4.69, 9.17) is 9.47 Å². The number of methoxy groups -OCH3 is 1. The average molecular weight is 405 g/mol. The zero-order chi connectivity index (χ0) is 20.7. The predicted octanol–water partition coefficient (Wildman–Crippen LogP) is 4.39. The fourth-order valence-corrected chi connectivity index (χ4v) is 5.67. The molecule has 2 aliphatic heterocycles. The number of piperidine rings is 1. The first-order valence-corrected chi connectivity index (χ1v) is 10.8. The van der Waals surface area contributed by atoms with Crippen LogP contribution in [0.4, 0.5) is 4.79 Å². The Kier molecular flexibility index (Phi) is 5.07. The van der Waals surface area contributed by atoms with Gasteiger partial charge in [0.05, 0.1) is 0 Å². The lowest BCUT2D eigenvalue weighted by atomic mass is 9.88. The van der Waals surface area contributed by atoms with E-state index in [1.807, 2.05) is 17.0 Å². The lowest BCUT2D eigenvalue weighted by Crippen LogP contribution is -2.48. The summed E-state index contributed by atoms with van der Waals surface area (Å²) in [6, 6.07) is 16.9. The minimum absolute atomic E-state index is 0.0000796. The van der Waals surface area contributed by atoms with E-state index in [1.165, 1.54) is 22.3 Å². The molecule has 0 radical (unpaired) electrons. The third kappa shape index (κ3) is 3.21. The number of hydrogen-bond acceptors (Lipinski definition) is 4. The highest BCUT2D eigenvalue weighted by atomic mass is 16.6. The summed E-state index contributed by atoms with van der Waals surface area (Å²) in [5.41, 5.74) is 4.90. The van der Waals surface area contributed by atoms with E-state index in [2.05, 4.69) is 36.4 Å². The highest BCUT2D eigenvalue weighted by molar-refractivity contribution is 5.83. The topological polar surface area (TPSA) is 55.8 Å². The van der Waals surface area contributed by atoms with Crippen LogP contribution in [0.3, 0.4) is 0 Å². The molecule has 1 aliphatic carbocycles. The number of benzene rings is 2. The maximum Gasteiger partial charge on any atom is 0.410 e. The van der Waals surface area contributed by atoms with Gasteiger partial charge in [0.2, 0.25) is 0 Å². The lowest BCUT2D eigenvalue weighted by molar-refractivity contribution is -0.128. The first-order valence-electron chi connectivity index (χ1n) is 10.8. The number of hydrogen-bond donors (Lipinski definition) is 0. The van der Waals surface area contributed by atoms with Gasteiger partial charge in [-0.1, -0.05) is 48.5 Å². The van der Waals surface area contributed by atoms with Crippen molar-refractivity contribution in [3.63, 3.8) is 0 Å². The fourth-order valence-electron chi connectivity index (χ4n) is 5.67. The second kappa shape index (κ2) is 7.88. The molecule has 156 valence electrons. The van der Waals surface area contributed by atoms with E-state index < -0.39 is 0 Å². The maximum absolute atomic E-state index is 13.0. The Balaban J connectivity index is 1.28. The second-order valence-corrected chi connectivity index (χ2v) is 8.66. The fraction of sp³-hybridized carbons (Fsp3) is 0.440. The molecule has 0 aromatic heterocycles. The number of ether oxygens (including phenoxy) is 2. The molecule has 2 aromatic rings. The summed E-state index contributed by atoms with van der Waals surface area (Å²) >= 11 is 0. The Labute approximate surface area is 177 Å². The maximum atomic E-state index is 13.0. The molecule has 1 amide bonds. The van der Waals surface area contributed by atoms with Gasteiger partial charge in [-0.05, 0) is 47.9 Å². The highest BCUT2D eigenvalue weighted by Crippen LogP contribution is 2.45. The number of carbonyl (C=O) groups is 2. The number of amides is 1. The van der Waals surface area contributed by atoms with E-state index in [-0.39, 0.29) is 42.4 Å². The Morgan fingerprint density at radius 3 is 2.07 bits per heavy atom. The highest BCUT2D eigenvalue weighted by Gasteiger charge is 2.46. The monoisotopic (exact) mass is 405 g/mol. The van der Waals surface area contributed by atoms with Crippen LogP contribution in [0.15, 0.2) is 48.5 Å². The zero-order valence-electron chi connectivity index (χ0n) is 17.3. The molecule has 2 unspecified atom stereocenters. The largest absolute Gasteiger partial charge is 0.448 e. The molecule has 5 rings (SSSR count). The number of Topliss-reactive ketones (excluding diaryl/α,β-unsaturated/α-hetero) is 1. The molecule has 0 spiro atoms. The van der Waals surface area contributed by atoms with Gasteiger partial charge in [-0.2, -0.15) is 0 Å². The van der Waals surface area contributed by atoms with Gasteiger partial charge in [-0.15, -0.1) is 0 Å². The molecular weight excluding hydrogens is 378 g/mol. The molecular formula is C25H27NO4. The third-order valence-electron chi connectivity index (χ3n) is 7.02. The van der Waals surface area contributed by atoms with Crippen LogP contribution in [-0.2, 0) is 14.3 Å². The van der Waals surface area contributed by atoms with E-state index >= 15 is 0 Å². The summed E-state index contributed by atoms with van der Waals surface area (Å²) in [6.07, 6.45) is 3.12. The van der Waals surface area contributed by atoms with Crippen molar-refractivity contribution < 1.29 is 19.1 Å². The third-order valence-corrected chi connectivity index (χ3v) is 7.02. The number of fused-ring (bicyclic) bond motifs is 5. The molecule has 3 aliphatic rings. The van der Waals surface area contributed by atoms with Crippen molar-refractivity contribution in [3.8, 4) is 11.1 Å². The summed E-state index contributed by atoms with van der Waals surface area (Å²) < 4.78 is 10.9. The Hall–Kier alpha value is -2.66. The minimum atomic E-state index is -0.234. The molecule has 30 heavy (non-hydrogen) atoms. The van der Waals surface area contributed by atoms with Gasteiger partial charge in [-0.25, -0.2) is 4.79 Å². The lowest BCUT2D eigenvalue weighted by Gasteiger charge is -2.37. The number of ketones is 1. The van der Waals surface area contributed by atoms with Gasteiger partial charge in [0.15, 0.2) is 5.78 Å². The quantitative estimate of drug-likeness (QED) is 0.740. The van der Waals surface area contributed by atoms with Crippen LogP contribution in [0, 0.1) is 5.92 Å². The van der Waals surface area contributed by atoms with Gasteiger partial charge in [0, 0.05) is 31.0 Å². The molecule has 0 N–H and O–H groups in total. The van der Waals surface area contributed by atoms with Crippen LogP contribution < -0.4 is 0 Å². The summed E-state index contributed by atoms with van der Waals surface area (Å²) in [7, 11) is 1.55.